The van der Waals surface area contributed by atoms with Crippen molar-refractivity contribution in [2.75, 3.05) is 32.8 Å². The minimum atomic E-state index is 0.255. The van der Waals surface area contributed by atoms with Crippen molar-refractivity contribution in [1.29, 1.82) is 0 Å². The first-order valence-electron chi connectivity index (χ1n) is 6.37. The summed E-state index contributed by atoms with van der Waals surface area (Å²) >= 11 is 0. The summed E-state index contributed by atoms with van der Waals surface area (Å²) in [7, 11) is 0. The Labute approximate surface area is 97.2 Å². The molecule has 2 rings (SSSR count). The van der Waals surface area contributed by atoms with Gasteiger partial charge in [0.1, 0.15) is 0 Å². The lowest BCUT2D eigenvalue weighted by molar-refractivity contribution is -0.132. The van der Waals surface area contributed by atoms with Crippen molar-refractivity contribution in [2.45, 2.75) is 32.2 Å². The van der Waals surface area contributed by atoms with E-state index in [4.69, 9.17) is 5.11 Å². The Hall–Kier alpha value is -0.610. The highest BCUT2D eigenvalue weighted by molar-refractivity contribution is 5.79. The summed E-state index contributed by atoms with van der Waals surface area (Å²) in [5, 5.41) is 9.05. The molecule has 4 heteroatoms. The fraction of sp³-hybridized carbons (Fsp3) is 0.917. The molecule has 1 unspecified atom stereocenters. The fourth-order valence-electron chi connectivity index (χ4n) is 2.51. The Morgan fingerprint density at radius 1 is 1.44 bits per heavy atom. The van der Waals surface area contributed by atoms with Gasteiger partial charge in [-0.05, 0) is 38.6 Å². The Bertz CT molecular complexity index is 253. The number of amides is 1. The summed E-state index contributed by atoms with van der Waals surface area (Å²) in [5.74, 6) is 0.646. The fourth-order valence-corrected chi connectivity index (χ4v) is 2.51. The van der Waals surface area contributed by atoms with Gasteiger partial charge in [0, 0.05) is 25.7 Å². The standard InChI is InChI=1S/C12H22N2O2/c1-2-14(11-3-4-11)12(16)8-13-6-5-10(7-13)9-15/h10-11,15H,2-9H2,1H3. The predicted octanol–water partition coefficient (Wildman–Crippen LogP) is 0.311. The number of hydrogen-bond donors (Lipinski definition) is 1. The third-order valence-electron chi connectivity index (χ3n) is 3.64. The van der Waals surface area contributed by atoms with E-state index in [-0.39, 0.29) is 12.5 Å². The molecule has 0 radical (unpaired) electrons. The van der Waals surface area contributed by atoms with Gasteiger partial charge in [-0.2, -0.15) is 0 Å². The van der Waals surface area contributed by atoms with Crippen molar-refractivity contribution in [2.24, 2.45) is 5.92 Å². The number of carbonyl (C=O) groups is 1. The summed E-state index contributed by atoms with van der Waals surface area (Å²) in [5.41, 5.74) is 0. The molecule has 0 spiro atoms. The summed E-state index contributed by atoms with van der Waals surface area (Å²) in [4.78, 5) is 16.2. The number of aliphatic hydroxyl groups excluding tert-OH is 1. The number of carbonyl (C=O) groups excluding carboxylic acids is 1. The molecule has 0 aromatic carbocycles. The van der Waals surface area contributed by atoms with E-state index in [0.717, 1.165) is 26.1 Å². The number of likely N-dealkylation sites (tertiary alicyclic amines) is 1. The van der Waals surface area contributed by atoms with E-state index in [1.807, 2.05) is 4.90 Å². The Morgan fingerprint density at radius 2 is 2.19 bits per heavy atom. The molecular formula is C12H22N2O2. The first-order chi connectivity index (χ1) is 7.74. The number of rotatable bonds is 5. The van der Waals surface area contributed by atoms with Gasteiger partial charge in [-0.15, -0.1) is 0 Å². The smallest absolute Gasteiger partial charge is 0.236 e. The minimum absolute atomic E-state index is 0.255. The van der Waals surface area contributed by atoms with Crippen LogP contribution in [0.3, 0.4) is 0 Å². The van der Waals surface area contributed by atoms with Crippen molar-refractivity contribution in [3.05, 3.63) is 0 Å². The van der Waals surface area contributed by atoms with E-state index in [0.29, 0.717) is 18.5 Å². The first-order valence-corrected chi connectivity index (χ1v) is 6.37. The molecule has 2 fully saturated rings. The molecule has 2 aliphatic rings. The second-order valence-electron chi connectivity index (χ2n) is 4.98. The Morgan fingerprint density at radius 3 is 2.69 bits per heavy atom. The normalized spacial score (nSPS) is 26.0. The summed E-state index contributed by atoms with van der Waals surface area (Å²) in [6.45, 7) is 5.52. The van der Waals surface area contributed by atoms with Gasteiger partial charge in [0.25, 0.3) is 0 Å². The van der Waals surface area contributed by atoms with Crippen LogP contribution in [0.1, 0.15) is 26.2 Å². The maximum atomic E-state index is 12.0. The maximum absolute atomic E-state index is 12.0. The Kier molecular flexibility index (Phi) is 3.82. The molecule has 1 aliphatic carbocycles. The molecular weight excluding hydrogens is 204 g/mol. The zero-order valence-electron chi connectivity index (χ0n) is 10.1. The van der Waals surface area contributed by atoms with Gasteiger partial charge in [-0.3, -0.25) is 9.69 Å². The van der Waals surface area contributed by atoms with Crippen molar-refractivity contribution in [3.8, 4) is 0 Å². The molecule has 1 N–H and O–H groups in total. The second-order valence-corrected chi connectivity index (χ2v) is 4.98. The molecule has 0 aromatic heterocycles. The largest absolute Gasteiger partial charge is 0.396 e. The Balaban J connectivity index is 1.78. The lowest BCUT2D eigenvalue weighted by Crippen LogP contribution is -2.40. The highest BCUT2D eigenvalue weighted by Gasteiger charge is 2.32. The summed E-state index contributed by atoms with van der Waals surface area (Å²) < 4.78 is 0. The molecule has 4 nitrogen and oxygen atoms in total. The molecule has 16 heavy (non-hydrogen) atoms. The average molecular weight is 226 g/mol. The third kappa shape index (κ3) is 2.74. The van der Waals surface area contributed by atoms with Crippen LogP contribution >= 0.6 is 0 Å². The highest BCUT2D eigenvalue weighted by atomic mass is 16.3. The van der Waals surface area contributed by atoms with E-state index in [9.17, 15) is 4.79 Å². The molecule has 1 atom stereocenters. The number of hydrogen-bond acceptors (Lipinski definition) is 3. The molecule has 1 heterocycles. The first kappa shape index (κ1) is 11.9. The van der Waals surface area contributed by atoms with Crippen LogP contribution in [0.5, 0.6) is 0 Å². The molecule has 1 saturated carbocycles. The highest BCUT2D eigenvalue weighted by Crippen LogP contribution is 2.27. The van der Waals surface area contributed by atoms with Gasteiger partial charge in [-0.25, -0.2) is 0 Å². The molecule has 1 aliphatic heterocycles. The van der Waals surface area contributed by atoms with E-state index in [1.165, 1.54) is 12.8 Å². The maximum Gasteiger partial charge on any atom is 0.236 e. The van der Waals surface area contributed by atoms with Crippen LogP contribution in [-0.2, 0) is 4.79 Å². The topological polar surface area (TPSA) is 43.8 Å². The monoisotopic (exact) mass is 226 g/mol. The van der Waals surface area contributed by atoms with Crippen LogP contribution in [0, 0.1) is 5.92 Å². The van der Waals surface area contributed by atoms with Crippen LogP contribution in [0.15, 0.2) is 0 Å². The van der Waals surface area contributed by atoms with Gasteiger partial charge in [0.2, 0.25) is 5.91 Å². The van der Waals surface area contributed by atoms with Crippen molar-refractivity contribution in [3.63, 3.8) is 0 Å². The summed E-state index contributed by atoms with van der Waals surface area (Å²) in [6, 6.07) is 0.522. The van der Waals surface area contributed by atoms with Crippen LogP contribution in [0.25, 0.3) is 0 Å². The van der Waals surface area contributed by atoms with Crippen LogP contribution < -0.4 is 0 Å². The zero-order valence-corrected chi connectivity index (χ0v) is 10.1. The lowest BCUT2D eigenvalue weighted by Gasteiger charge is -2.23. The lowest BCUT2D eigenvalue weighted by atomic mass is 10.1. The van der Waals surface area contributed by atoms with Gasteiger partial charge < -0.3 is 10.0 Å². The van der Waals surface area contributed by atoms with Gasteiger partial charge in [-0.1, -0.05) is 0 Å². The van der Waals surface area contributed by atoms with Crippen molar-refractivity contribution >= 4 is 5.91 Å². The van der Waals surface area contributed by atoms with E-state index in [1.54, 1.807) is 0 Å². The van der Waals surface area contributed by atoms with E-state index in [2.05, 4.69) is 11.8 Å². The zero-order chi connectivity index (χ0) is 11.5. The van der Waals surface area contributed by atoms with E-state index < -0.39 is 0 Å². The van der Waals surface area contributed by atoms with Crippen LogP contribution in [-0.4, -0.2) is 59.6 Å². The SMILES string of the molecule is CCN(C(=O)CN1CCC(CO)C1)C1CC1. The van der Waals surface area contributed by atoms with Gasteiger partial charge in [0.05, 0.1) is 6.54 Å². The van der Waals surface area contributed by atoms with Crippen molar-refractivity contribution in [1.82, 2.24) is 9.80 Å². The number of likely N-dealkylation sites (N-methyl/N-ethyl adjacent to an activating group) is 1. The summed E-state index contributed by atoms with van der Waals surface area (Å²) in [6.07, 6.45) is 3.39. The molecule has 92 valence electrons. The molecule has 1 saturated heterocycles. The van der Waals surface area contributed by atoms with Crippen molar-refractivity contribution < 1.29 is 9.90 Å². The number of aliphatic hydroxyl groups is 1. The van der Waals surface area contributed by atoms with E-state index >= 15 is 0 Å². The van der Waals surface area contributed by atoms with Gasteiger partial charge in [0.15, 0.2) is 0 Å². The quantitative estimate of drug-likeness (QED) is 0.734. The van der Waals surface area contributed by atoms with Crippen LogP contribution in [0.2, 0.25) is 0 Å². The average Bonchev–Trinajstić information content (AvgIpc) is 2.99. The second kappa shape index (κ2) is 5.15. The minimum Gasteiger partial charge on any atom is -0.396 e. The molecule has 0 bridgehead atoms. The predicted molar refractivity (Wildman–Crippen MR) is 62.0 cm³/mol. The van der Waals surface area contributed by atoms with Gasteiger partial charge >= 0.3 is 0 Å². The number of nitrogens with zero attached hydrogens (tertiary/aromatic N) is 2. The molecule has 1 amide bonds. The molecule has 0 aromatic rings. The third-order valence-corrected chi connectivity index (χ3v) is 3.64. The van der Waals surface area contributed by atoms with Crippen LogP contribution in [0.4, 0.5) is 0 Å².